The lowest BCUT2D eigenvalue weighted by atomic mass is 10.2. The van der Waals surface area contributed by atoms with Gasteiger partial charge >= 0.3 is 0 Å². The number of nitrogens with zero attached hydrogens (tertiary/aromatic N) is 2. The Morgan fingerprint density at radius 2 is 2.21 bits per heavy atom. The minimum atomic E-state index is -0.501. The number of aliphatic hydroxyl groups excluding tert-OH is 1. The van der Waals surface area contributed by atoms with Crippen molar-refractivity contribution in [2.24, 2.45) is 0 Å². The van der Waals surface area contributed by atoms with E-state index < -0.39 is 6.10 Å². The van der Waals surface area contributed by atoms with Gasteiger partial charge in [0.2, 0.25) is 5.43 Å². The van der Waals surface area contributed by atoms with Crippen molar-refractivity contribution in [2.75, 3.05) is 6.54 Å². The molecule has 1 fully saturated rings. The predicted molar refractivity (Wildman–Crippen MR) is 73.0 cm³/mol. The monoisotopic (exact) mass is 259 g/mol. The highest BCUT2D eigenvalue weighted by atomic mass is 16.3. The van der Waals surface area contributed by atoms with Crippen molar-refractivity contribution >= 4 is 10.9 Å². The Hall–Kier alpha value is -1.72. The molecule has 5 nitrogen and oxygen atoms in total. The summed E-state index contributed by atoms with van der Waals surface area (Å²) in [5.74, 6) is 0. The molecule has 0 amide bonds. The summed E-state index contributed by atoms with van der Waals surface area (Å²) in [5, 5.41) is 18.0. The summed E-state index contributed by atoms with van der Waals surface area (Å²) in [5.41, 5.74) is 0.679. The highest BCUT2D eigenvalue weighted by molar-refractivity contribution is 5.77. The van der Waals surface area contributed by atoms with Crippen LogP contribution >= 0.6 is 0 Å². The van der Waals surface area contributed by atoms with E-state index in [-0.39, 0.29) is 5.43 Å². The average Bonchev–Trinajstić information content (AvgIpc) is 3.24. The second-order valence-electron chi connectivity index (χ2n) is 5.04. The van der Waals surface area contributed by atoms with Crippen LogP contribution in [-0.4, -0.2) is 33.6 Å². The van der Waals surface area contributed by atoms with Crippen LogP contribution in [-0.2, 0) is 6.54 Å². The van der Waals surface area contributed by atoms with Gasteiger partial charge in [0.1, 0.15) is 0 Å². The van der Waals surface area contributed by atoms with Crippen LogP contribution in [0.3, 0.4) is 0 Å². The summed E-state index contributed by atoms with van der Waals surface area (Å²) >= 11 is 0. The van der Waals surface area contributed by atoms with E-state index in [1.54, 1.807) is 10.7 Å². The molecule has 0 radical (unpaired) electrons. The maximum Gasteiger partial charge on any atom is 0.207 e. The van der Waals surface area contributed by atoms with Gasteiger partial charge in [0, 0.05) is 18.0 Å². The van der Waals surface area contributed by atoms with Gasteiger partial charge < -0.3 is 10.4 Å². The Labute approximate surface area is 110 Å². The maximum atomic E-state index is 11.7. The van der Waals surface area contributed by atoms with Crippen LogP contribution in [0.15, 0.2) is 35.3 Å². The molecule has 0 aliphatic heterocycles. The van der Waals surface area contributed by atoms with Gasteiger partial charge in [-0.3, -0.25) is 9.48 Å². The van der Waals surface area contributed by atoms with Crippen molar-refractivity contribution in [3.8, 4) is 0 Å². The fraction of sp³-hybridized carbons (Fsp3) is 0.429. The molecule has 1 atom stereocenters. The van der Waals surface area contributed by atoms with Crippen LogP contribution in [0.1, 0.15) is 12.8 Å². The van der Waals surface area contributed by atoms with Gasteiger partial charge in [0.25, 0.3) is 0 Å². The standard InChI is InChI=1S/C14H17N3O2/c18-11(7-15-10-5-6-10)9-17-13-4-2-1-3-12(13)14(19)8-16-17/h1-4,8,10-11,15,18H,5-7,9H2. The molecule has 0 saturated heterocycles. The Morgan fingerprint density at radius 3 is 3.00 bits per heavy atom. The molecule has 0 bridgehead atoms. The van der Waals surface area contributed by atoms with Crippen molar-refractivity contribution in [3.63, 3.8) is 0 Å². The predicted octanol–water partition coefficient (Wildman–Crippen LogP) is 0.509. The van der Waals surface area contributed by atoms with E-state index in [2.05, 4.69) is 10.4 Å². The molecular weight excluding hydrogens is 242 g/mol. The summed E-state index contributed by atoms with van der Waals surface area (Å²) in [7, 11) is 0. The Kier molecular flexibility index (Phi) is 3.31. The van der Waals surface area contributed by atoms with E-state index in [0.29, 0.717) is 24.5 Å². The van der Waals surface area contributed by atoms with Gasteiger partial charge in [-0.05, 0) is 25.0 Å². The van der Waals surface area contributed by atoms with Crippen LogP contribution in [0.2, 0.25) is 0 Å². The van der Waals surface area contributed by atoms with Crippen molar-refractivity contribution in [3.05, 3.63) is 40.7 Å². The summed E-state index contributed by atoms with van der Waals surface area (Å²) in [6.45, 7) is 0.952. The average molecular weight is 259 g/mol. The Balaban J connectivity index is 1.79. The molecule has 1 aliphatic rings. The second kappa shape index (κ2) is 5.11. The third-order valence-corrected chi connectivity index (χ3v) is 3.37. The summed E-state index contributed by atoms with van der Waals surface area (Å²) in [6, 6.07) is 7.91. The quantitative estimate of drug-likeness (QED) is 0.821. The highest BCUT2D eigenvalue weighted by Crippen LogP contribution is 2.18. The summed E-state index contributed by atoms with van der Waals surface area (Å²) in [4.78, 5) is 11.7. The van der Waals surface area contributed by atoms with Gasteiger partial charge in [-0.25, -0.2) is 0 Å². The molecule has 1 aromatic heterocycles. The van der Waals surface area contributed by atoms with E-state index in [9.17, 15) is 9.90 Å². The number of aliphatic hydroxyl groups is 1. The highest BCUT2D eigenvalue weighted by Gasteiger charge is 2.21. The van der Waals surface area contributed by atoms with Gasteiger partial charge in [-0.15, -0.1) is 0 Å². The molecule has 3 rings (SSSR count). The SMILES string of the molecule is O=c1cnn(CC(O)CNC2CC2)c2ccccc12. The molecule has 19 heavy (non-hydrogen) atoms. The first kappa shape index (κ1) is 12.3. The number of aromatic nitrogens is 2. The largest absolute Gasteiger partial charge is 0.390 e. The molecule has 0 spiro atoms. The van der Waals surface area contributed by atoms with Crippen LogP contribution in [0, 0.1) is 0 Å². The summed E-state index contributed by atoms with van der Waals surface area (Å²) in [6.07, 6.45) is 3.21. The van der Waals surface area contributed by atoms with Gasteiger partial charge in [-0.2, -0.15) is 5.10 Å². The third-order valence-electron chi connectivity index (χ3n) is 3.37. The van der Waals surface area contributed by atoms with E-state index in [1.165, 1.54) is 19.0 Å². The Morgan fingerprint density at radius 1 is 1.42 bits per heavy atom. The molecule has 2 aromatic rings. The molecule has 1 unspecified atom stereocenters. The van der Waals surface area contributed by atoms with Crippen molar-refractivity contribution < 1.29 is 5.11 Å². The Bertz CT molecular complexity index is 634. The van der Waals surface area contributed by atoms with E-state index in [0.717, 1.165) is 5.52 Å². The lowest BCUT2D eigenvalue weighted by molar-refractivity contribution is 0.147. The minimum Gasteiger partial charge on any atom is -0.390 e. The smallest absolute Gasteiger partial charge is 0.207 e. The lowest BCUT2D eigenvalue weighted by Crippen LogP contribution is -2.32. The number of rotatable bonds is 5. The number of benzene rings is 1. The molecule has 1 heterocycles. The normalized spacial score (nSPS) is 16.7. The van der Waals surface area contributed by atoms with E-state index >= 15 is 0 Å². The minimum absolute atomic E-state index is 0.0857. The first-order valence-electron chi connectivity index (χ1n) is 6.60. The molecule has 100 valence electrons. The topological polar surface area (TPSA) is 67.2 Å². The zero-order chi connectivity index (χ0) is 13.2. The van der Waals surface area contributed by atoms with Crippen LogP contribution in [0.4, 0.5) is 0 Å². The van der Waals surface area contributed by atoms with E-state index in [4.69, 9.17) is 0 Å². The number of para-hydroxylation sites is 1. The molecule has 1 aliphatic carbocycles. The van der Waals surface area contributed by atoms with Crippen LogP contribution < -0.4 is 10.7 Å². The first-order chi connectivity index (χ1) is 9.24. The summed E-state index contributed by atoms with van der Waals surface area (Å²) < 4.78 is 1.69. The molecule has 2 N–H and O–H groups in total. The molecule has 5 heteroatoms. The van der Waals surface area contributed by atoms with Crippen molar-refractivity contribution in [1.29, 1.82) is 0 Å². The number of hydrogen-bond acceptors (Lipinski definition) is 4. The molecular formula is C14H17N3O2. The van der Waals surface area contributed by atoms with Crippen LogP contribution in [0.25, 0.3) is 10.9 Å². The van der Waals surface area contributed by atoms with Crippen LogP contribution in [0.5, 0.6) is 0 Å². The third kappa shape index (κ3) is 2.83. The number of fused-ring (bicyclic) bond motifs is 1. The number of hydrogen-bond donors (Lipinski definition) is 2. The fourth-order valence-electron chi connectivity index (χ4n) is 2.16. The zero-order valence-corrected chi connectivity index (χ0v) is 10.6. The molecule has 1 saturated carbocycles. The van der Waals surface area contributed by atoms with Gasteiger partial charge in [0.05, 0.1) is 24.4 Å². The second-order valence-corrected chi connectivity index (χ2v) is 5.04. The van der Waals surface area contributed by atoms with Crippen molar-refractivity contribution in [2.45, 2.75) is 31.5 Å². The zero-order valence-electron chi connectivity index (χ0n) is 10.6. The maximum absolute atomic E-state index is 11.7. The lowest BCUT2D eigenvalue weighted by Gasteiger charge is -2.14. The van der Waals surface area contributed by atoms with Crippen molar-refractivity contribution in [1.82, 2.24) is 15.1 Å². The first-order valence-corrected chi connectivity index (χ1v) is 6.60. The molecule has 1 aromatic carbocycles. The van der Waals surface area contributed by atoms with E-state index in [1.807, 2.05) is 18.2 Å². The number of nitrogens with one attached hydrogen (secondary N) is 1. The fourth-order valence-corrected chi connectivity index (χ4v) is 2.16. The van der Waals surface area contributed by atoms with Gasteiger partial charge in [0.15, 0.2) is 0 Å². The van der Waals surface area contributed by atoms with Gasteiger partial charge in [-0.1, -0.05) is 12.1 Å².